The standard InChI is InChI=1S/C14H17F3N2O2S/c1-21-13(6-7-22-9-13)8-18-12(20)19-11-4-2-10(3-5-11)14(15,16)17/h2-5H,6-9H2,1H3,(H2,18,19,20). The van der Waals surface area contributed by atoms with Crippen molar-refractivity contribution in [1.29, 1.82) is 0 Å². The summed E-state index contributed by atoms with van der Waals surface area (Å²) in [5, 5.41) is 5.21. The molecule has 2 rings (SSSR count). The molecule has 122 valence electrons. The number of halogens is 3. The first kappa shape index (κ1) is 17.0. The third-order valence-corrected chi connectivity index (χ3v) is 4.76. The number of nitrogens with one attached hydrogen (secondary N) is 2. The highest BCUT2D eigenvalue weighted by molar-refractivity contribution is 7.99. The smallest absolute Gasteiger partial charge is 0.376 e. The maximum atomic E-state index is 12.4. The molecule has 1 saturated heterocycles. The maximum Gasteiger partial charge on any atom is 0.416 e. The van der Waals surface area contributed by atoms with Gasteiger partial charge in [-0.3, -0.25) is 0 Å². The third kappa shape index (κ3) is 4.30. The highest BCUT2D eigenvalue weighted by atomic mass is 32.2. The van der Waals surface area contributed by atoms with E-state index in [0.29, 0.717) is 12.2 Å². The number of ether oxygens (including phenoxy) is 1. The predicted molar refractivity (Wildman–Crippen MR) is 80.1 cm³/mol. The number of methoxy groups -OCH3 is 1. The van der Waals surface area contributed by atoms with Crippen molar-refractivity contribution in [3.05, 3.63) is 29.8 Å². The van der Waals surface area contributed by atoms with Crippen LogP contribution in [0.1, 0.15) is 12.0 Å². The number of anilines is 1. The topological polar surface area (TPSA) is 50.4 Å². The largest absolute Gasteiger partial charge is 0.416 e. The van der Waals surface area contributed by atoms with E-state index in [2.05, 4.69) is 10.6 Å². The SMILES string of the molecule is COC1(CNC(=O)Nc2ccc(C(F)(F)F)cc2)CCSC1. The summed E-state index contributed by atoms with van der Waals surface area (Å²) in [6.45, 7) is 0.364. The molecular formula is C14H17F3N2O2S. The number of urea groups is 1. The Morgan fingerprint density at radius 1 is 1.36 bits per heavy atom. The highest BCUT2D eigenvalue weighted by Crippen LogP contribution is 2.31. The van der Waals surface area contributed by atoms with Crippen LogP contribution >= 0.6 is 11.8 Å². The Labute approximate surface area is 130 Å². The van der Waals surface area contributed by atoms with Gasteiger partial charge in [0.2, 0.25) is 0 Å². The minimum absolute atomic E-state index is 0.303. The van der Waals surface area contributed by atoms with Gasteiger partial charge in [-0.2, -0.15) is 24.9 Å². The van der Waals surface area contributed by atoms with Crippen LogP contribution in [0, 0.1) is 0 Å². The summed E-state index contributed by atoms with van der Waals surface area (Å²) >= 11 is 1.76. The summed E-state index contributed by atoms with van der Waals surface area (Å²) < 4.78 is 42.8. The monoisotopic (exact) mass is 334 g/mol. The predicted octanol–water partition coefficient (Wildman–Crippen LogP) is 3.35. The molecule has 1 aliphatic heterocycles. The van der Waals surface area contributed by atoms with Crippen LogP contribution in [0.2, 0.25) is 0 Å². The van der Waals surface area contributed by atoms with E-state index in [0.717, 1.165) is 30.1 Å². The Hall–Kier alpha value is -1.41. The summed E-state index contributed by atoms with van der Waals surface area (Å²) in [5.41, 5.74) is -0.806. The number of rotatable bonds is 4. The van der Waals surface area contributed by atoms with Gasteiger partial charge in [0, 0.05) is 25.1 Å². The second kappa shape index (κ2) is 6.78. The van der Waals surface area contributed by atoms with Gasteiger partial charge in [0.1, 0.15) is 0 Å². The minimum atomic E-state index is -4.38. The Kier molecular flexibility index (Phi) is 5.23. The molecule has 1 unspecified atom stereocenters. The Bertz CT molecular complexity index is 514. The summed E-state index contributed by atoms with van der Waals surface area (Å²) in [5.74, 6) is 1.79. The first-order chi connectivity index (χ1) is 10.3. The maximum absolute atomic E-state index is 12.4. The molecule has 0 radical (unpaired) electrons. The molecule has 1 aromatic rings. The normalized spacial score (nSPS) is 21.6. The molecule has 1 atom stereocenters. The van der Waals surface area contributed by atoms with Crippen molar-refractivity contribution >= 4 is 23.5 Å². The van der Waals surface area contributed by atoms with E-state index in [9.17, 15) is 18.0 Å². The van der Waals surface area contributed by atoms with Gasteiger partial charge in [-0.25, -0.2) is 4.79 Å². The molecule has 1 aromatic carbocycles. The molecule has 0 saturated carbocycles. The second-order valence-corrected chi connectivity index (χ2v) is 6.18. The van der Waals surface area contributed by atoms with Crippen LogP contribution in [0.3, 0.4) is 0 Å². The number of thioether (sulfide) groups is 1. The van der Waals surface area contributed by atoms with Gasteiger partial charge in [0.15, 0.2) is 0 Å². The zero-order valence-electron chi connectivity index (χ0n) is 12.0. The summed E-state index contributed by atoms with van der Waals surface area (Å²) in [6.07, 6.45) is -3.53. The number of hydrogen-bond acceptors (Lipinski definition) is 3. The molecule has 8 heteroatoms. The second-order valence-electron chi connectivity index (χ2n) is 5.07. The van der Waals surface area contributed by atoms with Crippen LogP contribution in [0.4, 0.5) is 23.7 Å². The molecule has 1 heterocycles. The fourth-order valence-electron chi connectivity index (χ4n) is 2.12. The molecule has 0 spiro atoms. The van der Waals surface area contributed by atoms with Crippen molar-refractivity contribution in [3.8, 4) is 0 Å². The van der Waals surface area contributed by atoms with E-state index in [1.54, 1.807) is 18.9 Å². The number of alkyl halides is 3. The van der Waals surface area contributed by atoms with Gasteiger partial charge in [0.25, 0.3) is 0 Å². The lowest BCUT2D eigenvalue weighted by molar-refractivity contribution is -0.137. The molecule has 1 aliphatic rings. The Morgan fingerprint density at radius 2 is 2.05 bits per heavy atom. The van der Waals surface area contributed by atoms with E-state index in [4.69, 9.17) is 4.74 Å². The van der Waals surface area contributed by atoms with Crippen LogP contribution < -0.4 is 10.6 Å². The Morgan fingerprint density at radius 3 is 2.55 bits per heavy atom. The minimum Gasteiger partial charge on any atom is -0.376 e. The molecule has 2 amide bonds. The van der Waals surface area contributed by atoms with Crippen molar-refractivity contribution in [2.24, 2.45) is 0 Å². The van der Waals surface area contributed by atoms with Crippen molar-refractivity contribution in [2.75, 3.05) is 30.5 Å². The molecule has 1 fully saturated rings. The first-order valence-electron chi connectivity index (χ1n) is 6.70. The quantitative estimate of drug-likeness (QED) is 0.888. The number of carbonyl (C=O) groups is 1. The molecule has 4 nitrogen and oxygen atoms in total. The number of hydrogen-bond donors (Lipinski definition) is 2. The van der Waals surface area contributed by atoms with Crippen LogP contribution in [0.15, 0.2) is 24.3 Å². The van der Waals surface area contributed by atoms with Crippen LogP contribution in [0.5, 0.6) is 0 Å². The summed E-state index contributed by atoms with van der Waals surface area (Å²) in [4.78, 5) is 11.8. The first-order valence-corrected chi connectivity index (χ1v) is 7.85. The lowest BCUT2D eigenvalue weighted by Gasteiger charge is -2.26. The van der Waals surface area contributed by atoms with Crippen molar-refractivity contribution in [3.63, 3.8) is 0 Å². The van der Waals surface area contributed by atoms with Crippen molar-refractivity contribution in [2.45, 2.75) is 18.2 Å². The fourth-order valence-corrected chi connectivity index (χ4v) is 3.52. The fraction of sp³-hybridized carbons (Fsp3) is 0.500. The van der Waals surface area contributed by atoms with Crippen molar-refractivity contribution < 1.29 is 22.7 Å². The number of amides is 2. The average Bonchev–Trinajstić information content (AvgIpc) is 2.94. The molecule has 22 heavy (non-hydrogen) atoms. The summed E-state index contributed by atoms with van der Waals surface area (Å²) in [6, 6.07) is 3.84. The van der Waals surface area contributed by atoms with Crippen LogP contribution in [-0.2, 0) is 10.9 Å². The van der Waals surface area contributed by atoms with Gasteiger partial charge in [0.05, 0.1) is 11.2 Å². The van der Waals surface area contributed by atoms with Gasteiger partial charge in [-0.05, 0) is 36.4 Å². The Balaban J connectivity index is 1.87. The van der Waals surface area contributed by atoms with Crippen molar-refractivity contribution in [1.82, 2.24) is 5.32 Å². The molecule has 0 bridgehead atoms. The van der Waals surface area contributed by atoms with E-state index >= 15 is 0 Å². The summed E-state index contributed by atoms with van der Waals surface area (Å²) in [7, 11) is 1.61. The molecule has 0 aromatic heterocycles. The van der Waals surface area contributed by atoms with Crippen LogP contribution in [-0.4, -0.2) is 36.8 Å². The molecular weight excluding hydrogens is 317 g/mol. The zero-order chi connectivity index (χ0) is 16.2. The van der Waals surface area contributed by atoms with Gasteiger partial charge < -0.3 is 15.4 Å². The third-order valence-electron chi connectivity index (χ3n) is 3.54. The van der Waals surface area contributed by atoms with Crippen LogP contribution in [0.25, 0.3) is 0 Å². The van der Waals surface area contributed by atoms with E-state index in [1.807, 2.05) is 0 Å². The zero-order valence-corrected chi connectivity index (χ0v) is 12.8. The highest BCUT2D eigenvalue weighted by Gasteiger charge is 2.34. The van der Waals surface area contributed by atoms with Gasteiger partial charge >= 0.3 is 12.2 Å². The van der Waals surface area contributed by atoms with E-state index in [1.165, 1.54) is 12.1 Å². The lowest BCUT2D eigenvalue weighted by Crippen LogP contribution is -2.45. The van der Waals surface area contributed by atoms with Gasteiger partial charge in [-0.1, -0.05) is 0 Å². The lowest BCUT2D eigenvalue weighted by atomic mass is 10.0. The van der Waals surface area contributed by atoms with E-state index < -0.39 is 17.8 Å². The number of carbonyl (C=O) groups excluding carboxylic acids is 1. The van der Waals surface area contributed by atoms with Gasteiger partial charge in [-0.15, -0.1) is 0 Å². The molecule has 2 N–H and O–H groups in total. The molecule has 0 aliphatic carbocycles. The average molecular weight is 334 g/mol. The van der Waals surface area contributed by atoms with E-state index in [-0.39, 0.29) is 5.60 Å². The number of benzene rings is 1.